The maximum Gasteiger partial charge on any atom is 0.326 e. The first-order valence-electron chi connectivity index (χ1n) is 9.07. The first-order valence-corrected chi connectivity index (χ1v) is 9.95. The molecule has 8 heteroatoms. The van der Waals surface area contributed by atoms with Gasteiger partial charge in [-0.3, -0.25) is 4.79 Å². The summed E-state index contributed by atoms with van der Waals surface area (Å²) in [4.78, 5) is 31.1. The Balaban J connectivity index is 1.37. The maximum absolute atomic E-state index is 12.7. The summed E-state index contributed by atoms with van der Waals surface area (Å²) in [5, 5.41) is 15.5. The Morgan fingerprint density at radius 1 is 1.21 bits per heavy atom. The van der Waals surface area contributed by atoms with Crippen LogP contribution in [0.4, 0.5) is 0 Å². The molecule has 1 atom stereocenters. The molecule has 1 aliphatic heterocycles. The molecule has 3 heterocycles. The van der Waals surface area contributed by atoms with Gasteiger partial charge in [0, 0.05) is 25.8 Å². The van der Waals surface area contributed by atoms with Crippen molar-refractivity contribution in [2.24, 2.45) is 0 Å². The van der Waals surface area contributed by atoms with Crippen molar-refractivity contribution in [3.63, 3.8) is 0 Å². The lowest BCUT2D eigenvalue weighted by molar-refractivity contribution is -0.151. The first kappa shape index (κ1) is 18.4. The summed E-state index contributed by atoms with van der Waals surface area (Å²) in [7, 11) is 0. The molecule has 1 aromatic carbocycles. The third-order valence-electron chi connectivity index (χ3n) is 4.84. The third-order valence-corrected chi connectivity index (χ3v) is 5.71. The Labute approximate surface area is 165 Å². The standard InChI is InChI=1S/C20H19N3O4S/c24-18(9-3-8-17-21-19(22-27-17)16-7-4-10-28-16)23-12-14-6-2-1-5-13(14)11-15(23)20(25)26/h1-2,4-7,10,15H,3,8-9,11-12H2,(H,25,26)/t15-/m1/s1. The van der Waals surface area contributed by atoms with Crippen LogP contribution in [-0.4, -0.2) is 38.1 Å². The maximum atomic E-state index is 12.7. The van der Waals surface area contributed by atoms with Crippen molar-refractivity contribution in [2.45, 2.75) is 38.3 Å². The lowest BCUT2D eigenvalue weighted by atomic mass is 9.93. The third kappa shape index (κ3) is 3.82. The van der Waals surface area contributed by atoms with Crippen molar-refractivity contribution in [1.82, 2.24) is 15.0 Å². The van der Waals surface area contributed by atoms with Gasteiger partial charge in [-0.25, -0.2) is 4.79 Å². The largest absolute Gasteiger partial charge is 0.480 e. The molecule has 0 aliphatic carbocycles. The smallest absolute Gasteiger partial charge is 0.326 e. The molecule has 4 rings (SSSR count). The summed E-state index contributed by atoms with van der Waals surface area (Å²) in [6, 6.07) is 10.7. The van der Waals surface area contributed by atoms with Crippen LogP contribution in [0.3, 0.4) is 0 Å². The fourth-order valence-corrected chi connectivity index (χ4v) is 4.05. The molecule has 1 N–H and O–H groups in total. The minimum Gasteiger partial charge on any atom is -0.480 e. The molecule has 0 spiro atoms. The Kier molecular flexibility index (Phi) is 5.21. The van der Waals surface area contributed by atoms with E-state index in [2.05, 4.69) is 10.1 Å². The van der Waals surface area contributed by atoms with Crippen LogP contribution in [0.25, 0.3) is 10.7 Å². The van der Waals surface area contributed by atoms with E-state index in [1.54, 1.807) is 0 Å². The highest BCUT2D eigenvalue weighted by atomic mass is 32.1. The first-order chi connectivity index (χ1) is 13.6. The predicted octanol–water partition coefficient (Wildman–Crippen LogP) is 3.16. The van der Waals surface area contributed by atoms with E-state index in [1.807, 2.05) is 41.8 Å². The van der Waals surface area contributed by atoms with Crippen LogP contribution in [0.1, 0.15) is 29.9 Å². The molecule has 28 heavy (non-hydrogen) atoms. The van der Waals surface area contributed by atoms with Gasteiger partial charge in [-0.2, -0.15) is 4.98 Å². The minimum absolute atomic E-state index is 0.167. The molecule has 0 unspecified atom stereocenters. The zero-order chi connectivity index (χ0) is 19.5. The molecule has 0 saturated heterocycles. The normalized spacial score (nSPS) is 16.0. The number of hydrogen-bond donors (Lipinski definition) is 1. The van der Waals surface area contributed by atoms with Gasteiger partial charge in [-0.1, -0.05) is 35.5 Å². The van der Waals surface area contributed by atoms with E-state index in [9.17, 15) is 14.7 Å². The number of aryl methyl sites for hydroxylation is 1. The van der Waals surface area contributed by atoms with Crippen LogP contribution >= 0.6 is 11.3 Å². The van der Waals surface area contributed by atoms with E-state index in [-0.39, 0.29) is 12.3 Å². The van der Waals surface area contributed by atoms with Gasteiger partial charge in [-0.05, 0) is 29.0 Å². The number of fused-ring (bicyclic) bond motifs is 1. The zero-order valence-corrected chi connectivity index (χ0v) is 15.9. The lowest BCUT2D eigenvalue weighted by Crippen LogP contribution is -2.48. The summed E-state index contributed by atoms with van der Waals surface area (Å²) in [6.07, 6.45) is 1.58. The molecule has 3 aromatic rings. The number of aliphatic carboxylic acids is 1. The Bertz CT molecular complexity index is 983. The fourth-order valence-electron chi connectivity index (χ4n) is 3.40. The van der Waals surface area contributed by atoms with Crippen LogP contribution in [-0.2, 0) is 29.0 Å². The van der Waals surface area contributed by atoms with Crippen molar-refractivity contribution in [1.29, 1.82) is 0 Å². The number of aromatic nitrogens is 2. The molecule has 0 bridgehead atoms. The molecule has 7 nitrogen and oxygen atoms in total. The Morgan fingerprint density at radius 2 is 2.04 bits per heavy atom. The number of carbonyl (C=O) groups excluding carboxylic acids is 1. The number of carboxylic acids is 1. The van der Waals surface area contributed by atoms with E-state index < -0.39 is 12.0 Å². The highest BCUT2D eigenvalue weighted by Gasteiger charge is 2.34. The highest BCUT2D eigenvalue weighted by Crippen LogP contribution is 2.25. The topological polar surface area (TPSA) is 96.5 Å². The van der Waals surface area contributed by atoms with Gasteiger partial charge < -0.3 is 14.5 Å². The lowest BCUT2D eigenvalue weighted by Gasteiger charge is -2.34. The van der Waals surface area contributed by atoms with Gasteiger partial charge in [0.15, 0.2) is 0 Å². The van der Waals surface area contributed by atoms with Crippen molar-refractivity contribution in [3.8, 4) is 10.7 Å². The van der Waals surface area contributed by atoms with Crippen LogP contribution in [0.15, 0.2) is 46.3 Å². The van der Waals surface area contributed by atoms with Crippen LogP contribution in [0.5, 0.6) is 0 Å². The number of hydrogen-bond acceptors (Lipinski definition) is 6. The number of carbonyl (C=O) groups is 2. The summed E-state index contributed by atoms with van der Waals surface area (Å²) < 4.78 is 5.25. The highest BCUT2D eigenvalue weighted by molar-refractivity contribution is 7.13. The van der Waals surface area contributed by atoms with E-state index in [0.717, 1.165) is 16.0 Å². The van der Waals surface area contributed by atoms with Crippen molar-refractivity contribution in [2.75, 3.05) is 0 Å². The number of benzene rings is 1. The summed E-state index contributed by atoms with van der Waals surface area (Å²) in [5.41, 5.74) is 2.00. The number of thiophene rings is 1. The van der Waals surface area contributed by atoms with Gasteiger partial charge in [-0.15, -0.1) is 11.3 Å². The molecule has 2 aromatic heterocycles. The quantitative estimate of drug-likeness (QED) is 0.686. The number of nitrogens with zero attached hydrogens (tertiary/aromatic N) is 3. The SMILES string of the molecule is O=C(O)[C@H]1Cc2ccccc2CN1C(=O)CCCc1nc(-c2cccs2)no1. The molecular formula is C20H19N3O4S. The average Bonchev–Trinajstić information content (AvgIpc) is 3.38. The number of carboxylic acid groups (broad SMARTS) is 1. The fraction of sp³-hybridized carbons (Fsp3) is 0.300. The summed E-state index contributed by atoms with van der Waals surface area (Å²) >= 11 is 1.53. The van der Waals surface area contributed by atoms with Crippen molar-refractivity contribution < 1.29 is 19.2 Å². The summed E-state index contributed by atoms with van der Waals surface area (Å²) in [6.45, 7) is 0.328. The second-order valence-corrected chi connectivity index (χ2v) is 7.64. The molecule has 0 fully saturated rings. The Morgan fingerprint density at radius 3 is 2.79 bits per heavy atom. The van der Waals surface area contributed by atoms with E-state index >= 15 is 0 Å². The summed E-state index contributed by atoms with van der Waals surface area (Å²) in [5.74, 6) is -0.106. The minimum atomic E-state index is -0.972. The van der Waals surface area contributed by atoms with Gasteiger partial charge in [0.25, 0.3) is 0 Å². The van der Waals surface area contributed by atoms with E-state index in [0.29, 0.717) is 37.5 Å². The van der Waals surface area contributed by atoms with Gasteiger partial charge in [0.2, 0.25) is 17.6 Å². The van der Waals surface area contributed by atoms with Crippen LogP contribution in [0, 0.1) is 0 Å². The zero-order valence-electron chi connectivity index (χ0n) is 15.1. The molecule has 0 radical (unpaired) electrons. The molecular weight excluding hydrogens is 378 g/mol. The number of amides is 1. The predicted molar refractivity (Wildman–Crippen MR) is 103 cm³/mol. The van der Waals surface area contributed by atoms with Crippen molar-refractivity contribution >= 4 is 23.2 Å². The van der Waals surface area contributed by atoms with Crippen LogP contribution in [0.2, 0.25) is 0 Å². The molecule has 0 saturated carbocycles. The number of rotatable bonds is 6. The monoisotopic (exact) mass is 397 g/mol. The second kappa shape index (κ2) is 7.93. The van der Waals surface area contributed by atoms with Gasteiger partial charge in [0.05, 0.1) is 4.88 Å². The Hall–Kier alpha value is -3.00. The van der Waals surface area contributed by atoms with E-state index in [4.69, 9.17) is 4.52 Å². The van der Waals surface area contributed by atoms with Crippen molar-refractivity contribution in [3.05, 3.63) is 58.8 Å². The average molecular weight is 397 g/mol. The van der Waals surface area contributed by atoms with Gasteiger partial charge in [0.1, 0.15) is 6.04 Å². The van der Waals surface area contributed by atoms with E-state index in [1.165, 1.54) is 16.2 Å². The second-order valence-electron chi connectivity index (χ2n) is 6.69. The molecule has 144 valence electrons. The van der Waals surface area contributed by atoms with Gasteiger partial charge >= 0.3 is 5.97 Å². The van der Waals surface area contributed by atoms with Crippen LogP contribution < -0.4 is 0 Å². The molecule has 1 aliphatic rings. The molecule has 1 amide bonds.